The molecule has 0 radical (unpaired) electrons. The van der Waals surface area contributed by atoms with E-state index in [1.165, 1.54) is 0 Å². The molecule has 180 valence electrons. The number of fused-ring (bicyclic) bond motifs is 1. The topological polar surface area (TPSA) is 98.7 Å². The minimum absolute atomic E-state index is 0.120. The van der Waals surface area contributed by atoms with Crippen LogP contribution in [0.3, 0.4) is 0 Å². The molecule has 1 aromatic rings. The Kier molecular flexibility index (Phi) is 8.67. The number of aliphatic hydroxyl groups excluding tert-OH is 1. The number of benzene rings is 1. The van der Waals surface area contributed by atoms with Crippen LogP contribution in [0, 0.1) is 23.7 Å². The zero-order valence-corrected chi connectivity index (χ0v) is 19.9. The molecule has 1 aliphatic heterocycles. The number of carbonyl (C=O) groups excluding carboxylic acids is 3. The zero-order chi connectivity index (χ0) is 24.0. The molecule has 0 saturated carbocycles. The summed E-state index contributed by atoms with van der Waals surface area (Å²) in [6, 6.07) is 8.35. The lowest BCUT2D eigenvalue weighted by Gasteiger charge is -2.33. The summed E-state index contributed by atoms with van der Waals surface area (Å²) in [7, 11) is 1.57. The van der Waals surface area contributed by atoms with Gasteiger partial charge in [0.15, 0.2) is 0 Å². The Labute approximate surface area is 196 Å². The predicted molar refractivity (Wildman–Crippen MR) is 127 cm³/mol. The molecule has 3 amide bonds. The van der Waals surface area contributed by atoms with E-state index in [1.807, 2.05) is 49.4 Å². The number of likely N-dealkylation sites (tertiary alicyclic amines) is 1. The van der Waals surface area contributed by atoms with E-state index < -0.39 is 29.8 Å². The SMILES string of the molecule is CCCCCNC(=O)[C@@H]1[C@H]2C=C[C@@H](C)[C@@H](C(=O)NC)[C@@H]2C(=O)N1[C@@H](CO)Cc1ccccc1. The van der Waals surface area contributed by atoms with Gasteiger partial charge in [0.2, 0.25) is 17.7 Å². The molecule has 7 nitrogen and oxygen atoms in total. The van der Waals surface area contributed by atoms with Gasteiger partial charge >= 0.3 is 0 Å². The van der Waals surface area contributed by atoms with Crippen molar-refractivity contribution >= 4 is 17.7 Å². The third-order valence-corrected chi connectivity index (χ3v) is 7.02. The highest BCUT2D eigenvalue weighted by molar-refractivity contribution is 5.97. The number of carbonyl (C=O) groups is 3. The molecule has 3 N–H and O–H groups in total. The number of hydrogen-bond donors (Lipinski definition) is 3. The van der Waals surface area contributed by atoms with Crippen molar-refractivity contribution in [3.05, 3.63) is 48.0 Å². The molecule has 0 aromatic heterocycles. The van der Waals surface area contributed by atoms with E-state index in [-0.39, 0.29) is 30.2 Å². The molecule has 2 aliphatic rings. The maximum Gasteiger partial charge on any atom is 0.243 e. The van der Waals surface area contributed by atoms with E-state index in [0.29, 0.717) is 13.0 Å². The molecule has 7 heteroatoms. The first-order valence-corrected chi connectivity index (χ1v) is 12.1. The molecule has 0 spiro atoms. The first kappa shape index (κ1) is 25.0. The maximum absolute atomic E-state index is 13.8. The number of rotatable bonds is 10. The number of nitrogens with one attached hydrogen (secondary N) is 2. The normalized spacial score (nSPS) is 27.2. The fourth-order valence-electron chi connectivity index (χ4n) is 5.33. The van der Waals surface area contributed by atoms with Crippen LogP contribution >= 0.6 is 0 Å². The van der Waals surface area contributed by atoms with Crippen LogP contribution in [0.4, 0.5) is 0 Å². The maximum atomic E-state index is 13.8. The second-order valence-corrected chi connectivity index (χ2v) is 9.20. The Balaban J connectivity index is 1.95. The second-order valence-electron chi connectivity index (χ2n) is 9.20. The smallest absolute Gasteiger partial charge is 0.243 e. The molecule has 0 bridgehead atoms. The van der Waals surface area contributed by atoms with Crippen molar-refractivity contribution in [1.29, 1.82) is 0 Å². The van der Waals surface area contributed by atoms with Crippen molar-refractivity contribution < 1.29 is 19.5 Å². The third-order valence-electron chi connectivity index (χ3n) is 7.02. The minimum Gasteiger partial charge on any atom is -0.394 e. The van der Waals surface area contributed by atoms with Gasteiger partial charge in [-0.3, -0.25) is 14.4 Å². The molecule has 1 aliphatic carbocycles. The molecule has 0 unspecified atom stereocenters. The van der Waals surface area contributed by atoms with Gasteiger partial charge in [-0.2, -0.15) is 0 Å². The molecule has 1 saturated heterocycles. The molecule has 33 heavy (non-hydrogen) atoms. The Morgan fingerprint density at radius 1 is 1.12 bits per heavy atom. The summed E-state index contributed by atoms with van der Waals surface area (Å²) in [5.74, 6) is -2.34. The lowest BCUT2D eigenvalue weighted by molar-refractivity contribution is -0.143. The number of nitrogens with zero attached hydrogens (tertiary/aromatic N) is 1. The number of allylic oxidation sites excluding steroid dienone is 1. The molecule has 1 heterocycles. The van der Waals surface area contributed by atoms with Crippen LogP contribution in [0.5, 0.6) is 0 Å². The number of aliphatic hydroxyl groups is 1. The summed E-state index contributed by atoms with van der Waals surface area (Å²) < 4.78 is 0. The summed E-state index contributed by atoms with van der Waals surface area (Å²) in [4.78, 5) is 41.5. The van der Waals surface area contributed by atoms with Gasteiger partial charge in [-0.05, 0) is 24.3 Å². The van der Waals surface area contributed by atoms with Gasteiger partial charge in [0, 0.05) is 19.5 Å². The Morgan fingerprint density at radius 3 is 2.48 bits per heavy atom. The highest BCUT2D eigenvalue weighted by Gasteiger charge is 2.57. The Bertz CT molecular complexity index is 856. The summed E-state index contributed by atoms with van der Waals surface area (Å²) in [5, 5.41) is 16.0. The van der Waals surface area contributed by atoms with Crippen molar-refractivity contribution in [2.75, 3.05) is 20.2 Å². The summed E-state index contributed by atoms with van der Waals surface area (Å²) >= 11 is 0. The van der Waals surface area contributed by atoms with Crippen LogP contribution in [0.1, 0.15) is 38.7 Å². The first-order chi connectivity index (χ1) is 15.9. The molecule has 3 rings (SSSR count). The van der Waals surface area contributed by atoms with E-state index in [4.69, 9.17) is 0 Å². The molecular formula is C26H37N3O4. The van der Waals surface area contributed by atoms with E-state index in [2.05, 4.69) is 17.6 Å². The van der Waals surface area contributed by atoms with E-state index >= 15 is 0 Å². The molecular weight excluding hydrogens is 418 g/mol. The Morgan fingerprint density at radius 2 is 1.85 bits per heavy atom. The Hall–Kier alpha value is -2.67. The van der Waals surface area contributed by atoms with E-state index in [9.17, 15) is 19.5 Å². The number of hydrogen-bond acceptors (Lipinski definition) is 4. The van der Waals surface area contributed by atoms with Crippen LogP contribution < -0.4 is 10.6 Å². The fraction of sp³-hybridized carbons (Fsp3) is 0.577. The van der Waals surface area contributed by atoms with Gasteiger partial charge in [-0.25, -0.2) is 0 Å². The van der Waals surface area contributed by atoms with Gasteiger partial charge in [-0.1, -0.05) is 69.2 Å². The van der Waals surface area contributed by atoms with Crippen LogP contribution in [-0.2, 0) is 20.8 Å². The standard InChI is InChI=1S/C26H37N3O4/c1-4-5-9-14-28-25(32)23-20-13-12-17(2)21(24(31)27-3)22(20)26(33)29(23)19(16-30)15-18-10-7-6-8-11-18/h6-8,10-13,17,19-23,30H,4-5,9,14-16H2,1-3H3,(H,27,31)(H,28,32)/t17-,19-,20+,21-,22-,23+/m1/s1. The minimum atomic E-state index is -0.749. The third kappa shape index (κ3) is 5.29. The van der Waals surface area contributed by atoms with Crippen molar-refractivity contribution in [2.24, 2.45) is 23.7 Å². The van der Waals surface area contributed by atoms with Gasteiger partial charge < -0.3 is 20.6 Å². The van der Waals surface area contributed by atoms with Gasteiger partial charge in [-0.15, -0.1) is 0 Å². The van der Waals surface area contributed by atoms with Crippen molar-refractivity contribution in [2.45, 2.75) is 51.6 Å². The predicted octanol–water partition coefficient (Wildman–Crippen LogP) is 1.91. The van der Waals surface area contributed by atoms with E-state index in [1.54, 1.807) is 11.9 Å². The van der Waals surface area contributed by atoms with Gasteiger partial charge in [0.25, 0.3) is 0 Å². The van der Waals surface area contributed by atoms with Crippen LogP contribution in [-0.4, -0.2) is 60.0 Å². The summed E-state index contributed by atoms with van der Waals surface area (Å²) in [6.07, 6.45) is 7.25. The largest absolute Gasteiger partial charge is 0.394 e. The lowest BCUT2D eigenvalue weighted by atomic mass is 9.70. The zero-order valence-electron chi connectivity index (χ0n) is 19.9. The molecule has 6 atom stereocenters. The van der Waals surface area contributed by atoms with E-state index in [0.717, 1.165) is 24.8 Å². The average Bonchev–Trinajstić information content (AvgIpc) is 3.12. The van der Waals surface area contributed by atoms with Crippen LogP contribution in [0.15, 0.2) is 42.5 Å². The summed E-state index contributed by atoms with van der Waals surface area (Å²) in [6.45, 7) is 4.32. The van der Waals surface area contributed by atoms with Crippen molar-refractivity contribution in [3.63, 3.8) is 0 Å². The monoisotopic (exact) mass is 455 g/mol. The average molecular weight is 456 g/mol. The summed E-state index contributed by atoms with van der Waals surface area (Å²) in [5.41, 5.74) is 0.980. The number of amides is 3. The highest BCUT2D eigenvalue weighted by atomic mass is 16.3. The second kappa shape index (κ2) is 11.5. The van der Waals surface area contributed by atoms with Crippen molar-refractivity contribution in [1.82, 2.24) is 15.5 Å². The fourth-order valence-corrected chi connectivity index (χ4v) is 5.33. The van der Waals surface area contributed by atoms with Crippen LogP contribution in [0.25, 0.3) is 0 Å². The quantitative estimate of drug-likeness (QED) is 0.371. The molecule has 1 aromatic carbocycles. The van der Waals surface area contributed by atoms with Gasteiger partial charge in [0.05, 0.1) is 24.5 Å². The lowest BCUT2D eigenvalue weighted by Crippen LogP contribution is -2.53. The van der Waals surface area contributed by atoms with Gasteiger partial charge in [0.1, 0.15) is 6.04 Å². The molecule has 1 fully saturated rings. The number of unbranched alkanes of at least 4 members (excludes halogenated alkanes) is 2. The first-order valence-electron chi connectivity index (χ1n) is 12.1. The van der Waals surface area contributed by atoms with Crippen LogP contribution in [0.2, 0.25) is 0 Å². The van der Waals surface area contributed by atoms with Crippen molar-refractivity contribution in [3.8, 4) is 0 Å². The highest BCUT2D eigenvalue weighted by Crippen LogP contribution is 2.44.